The summed E-state index contributed by atoms with van der Waals surface area (Å²) >= 11 is 2.07. The Hall–Kier alpha value is -0.470. The molecule has 1 nitrogen and oxygen atoms in total. The van der Waals surface area contributed by atoms with E-state index in [4.69, 9.17) is 5.73 Å². The van der Waals surface area contributed by atoms with Crippen molar-refractivity contribution in [2.45, 2.75) is 50.8 Å². The van der Waals surface area contributed by atoms with Gasteiger partial charge in [-0.2, -0.15) is 11.8 Å². The molecule has 2 heteroatoms. The Balaban J connectivity index is 1.89. The van der Waals surface area contributed by atoms with Crippen molar-refractivity contribution >= 4 is 11.8 Å². The molecule has 1 aromatic carbocycles. The Labute approximate surface area is 109 Å². The first-order chi connectivity index (χ1) is 8.16. The second-order valence-electron chi connectivity index (χ2n) is 5.19. The highest BCUT2D eigenvalue weighted by Crippen LogP contribution is 2.31. The summed E-state index contributed by atoms with van der Waals surface area (Å²) in [4.78, 5) is 0. The monoisotopic (exact) mass is 249 g/mol. The van der Waals surface area contributed by atoms with Crippen molar-refractivity contribution in [3.63, 3.8) is 0 Å². The number of benzene rings is 1. The zero-order valence-corrected chi connectivity index (χ0v) is 11.7. The Bertz CT molecular complexity index is 369. The lowest BCUT2D eigenvalue weighted by Crippen LogP contribution is -2.15. The number of nitrogens with two attached hydrogens (primary N) is 1. The third-order valence-electron chi connectivity index (χ3n) is 3.77. The molecule has 1 aliphatic rings. The minimum absolute atomic E-state index is 0.194. The van der Waals surface area contributed by atoms with Crippen LogP contribution in [0, 0.1) is 13.8 Å². The fraction of sp³-hybridized carbons (Fsp3) is 0.600. The molecule has 0 heterocycles. The van der Waals surface area contributed by atoms with E-state index < -0.39 is 0 Å². The summed E-state index contributed by atoms with van der Waals surface area (Å²) in [6.07, 6.45) is 5.61. The van der Waals surface area contributed by atoms with Gasteiger partial charge in [0, 0.05) is 17.0 Å². The van der Waals surface area contributed by atoms with Crippen molar-refractivity contribution in [3.05, 3.63) is 34.9 Å². The molecule has 0 aliphatic heterocycles. The van der Waals surface area contributed by atoms with Gasteiger partial charge in [0.15, 0.2) is 0 Å². The lowest BCUT2D eigenvalue weighted by atomic mass is 10.0. The standard InChI is InChI=1S/C15H23NS/c1-11-7-8-13(9-12(11)2)15(16)10-17-14-5-3-4-6-14/h7-9,14-15H,3-6,10,16H2,1-2H3. The van der Waals surface area contributed by atoms with Gasteiger partial charge in [0.2, 0.25) is 0 Å². The van der Waals surface area contributed by atoms with Crippen molar-refractivity contribution in [1.82, 2.24) is 0 Å². The molecule has 0 aromatic heterocycles. The summed E-state index contributed by atoms with van der Waals surface area (Å²) in [7, 11) is 0. The van der Waals surface area contributed by atoms with Gasteiger partial charge in [-0.15, -0.1) is 0 Å². The minimum Gasteiger partial charge on any atom is -0.323 e. The van der Waals surface area contributed by atoms with E-state index in [1.165, 1.54) is 42.4 Å². The lowest BCUT2D eigenvalue weighted by Gasteiger charge is -2.16. The molecule has 2 rings (SSSR count). The number of rotatable bonds is 4. The maximum Gasteiger partial charge on any atom is 0.0386 e. The second-order valence-corrected chi connectivity index (χ2v) is 6.52. The molecule has 1 unspecified atom stereocenters. The summed E-state index contributed by atoms with van der Waals surface area (Å²) < 4.78 is 0. The lowest BCUT2D eigenvalue weighted by molar-refractivity contribution is 0.818. The molecule has 0 saturated heterocycles. The molecule has 0 bridgehead atoms. The molecule has 1 fully saturated rings. The molecule has 0 radical (unpaired) electrons. The van der Waals surface area contributed by atoms with Crippen LogP contribution in [0.1, 0.15) is 48.4 Å². The van der Waals surface area contributed by atoms with E-state index >= 15 is 0 Å². The van der Waals surface area contributed by atoms with Gasteiger partial charge in [0.05, 0.1) is 0 Å². The van der Waals surface area contributed by atoms with Crippen LogP contribution in [0.2, 0.25) is 0 Å². The highest BCUT2D eigenvalue weighted by molar-refractivity contribution is 7.99. The highest BCUT2D eigenvalue weighted by atomic mass is 32.2. The molecular weight excluding hydrogens is 226 g/mol. The average molecular weight is 249 g/mol. The van der Waals surface area contributed by atoms with Crippen LogP contribution in [0.3, 0.4) is 0 Å². The molecule has 1 atom stereocenters. The minimum atomic E-state index is 0.194. The molecule has 94 valence electrons. The van der Waals surface area contributed by atoms with Gasteiger partial charge in [-0.1, -0.05) is 31.0 Å². The van der Waals surface area contributed by atoms with E-state index in [1.54, 1.807) is 0 Å². The van der Waals surface area contributed by atoms with Crippen molar-refractivity contribution in [1.29, 1.82) is 0 Å². The van der Waals surface area contributed by atoms with E-state index in [0.717, 1.165) is 11.0 Å². The SMILES string of the molecule is Cc1ccc(C(N)CSC2CCCC2)cc1C. The van der Waals surface area contributed by atoms with Gasteiger partial charge in [-0.05, 0) is 43.4 Å². The van der Waals surface area contributed by atoms with Crippen LogP contribution in [-0.4, -0.2) is 11.0 Å². The van der Waals surface area contributed by atoms with Crippen molar-refractivity contribution in [2.75, 3.05) is 5.75 Å². The van der Waals surface area contributed by atoms with Crippen molar-refractivity contribution in [3.8, 4) is 0 Å². The first kappa shape index (κ1) is 13.0. The van der Waals surface area contributed by atoms with E-state index in [0.29, 0.717) is 0 Å². The molecule has 0 spiro atoms. The Morgan fingerprint density at radius 3 is 2.59 bits per heavy atom. The number of hydrogen-bond acceptors (Lipinski definition) is 2. The normalized spacial score (nSPS) is 18.5. The van der Waals surface area contributed by atoms with Crippen LogP contribution >= 0.6 is 11.8 Å². The summed E-state index contributed by atoms with van der Waals surface area (Å²) in [5.41, 5.74) is 10.3. The summed E-state index contributed by atoms with van der Waals surface area (Å²) in [6.45, 7) is 4.31. The number of hydrogen-bond donors (Lipinski definition) is 1. The van der Waals surface area contributed by atoms with Crippen LogP contribution in [0.4, 0.5) is 0 Å². The third-order valence-corrected chi connectivity index (χ3v) is 5.27. The largest absolute Gasteiger partial charge is 0.323 e. The van der Waals surface area contributed by atoms with E-state index in [1.807, 2.05) is 0 Å². The quantitative estimate of drug-likeness (QED) is 0.873. The predicted molar refractivity (Wildman–Crippen MR) is 77.6 cm³/mol. The van der Waals surface area contributed by atoms with Crippen molar-refractivity contribution < 1.29 is 0 Å². The van der Waals surface area contributed by atoms with Crippen LogP contribution in [0.25, 0.3) is 0 Å². The van der Waals surface area contributed by atoms with E-state index in [9.17, 15) is 0 Å². The van der Waals surface area contributed by atoms with Gasteiger partial charge in [0.25, 0.3) is 0 Å². The zero-order chi connectivity index (χ0) is 12.3. The van der Waals surface area contributed by atoms with E-state index in [-0.39, 0.29) is 6.04 Å². The molecule has 1 saturated carbocycles. The van der Waals surface area contributed by atoms with Gasteiger partial charge < -0.3 is 5.73 Å². The zero-order valence-electron chi connectivity index (χ0n) is 10.9. The third kappa shape index (κ3) is 3.49. The topological polar surface area (TPSA) is 26.0 Å². The summed E-state index contributed by atoms with van der Waals surface area (Å²) in [5.74, 6) is 1.06. The van der Waals surface area contributed by atoms with Gasteiger partial charge in [-0.25, -0.2) is 0 Å². The highest BCUT2D eigenvalue weighted by Gasteiger charge is 2.17. The molecule has 0 amide bonds. The molecule has 2 N–H and O–H groups in total. The Morgan fingerprint density at radius 2 is 1.94 bits per heavy atom. The van der Waals surface area contributed by atoms with Crippen LogP contribution in [-0.2, 0) is 0 Å². The average Bonchev–Trinajstić information content (AvgIpc) is 2.82. The molecule has 1 aromatic rings. The maximum atomic E-state index is 6.27. The molecule has 17 heavy (non-hydrogen) atoms. The first-order valence-electron chi connectivity index (χ1n) is 6.61. The predicted octanol–water partition coefficient (Wildman–Crippen LogP) is 3.98. The first-order valence-corrected chi connectivity index (χ1v) is 7.66. The molecular formula is C15H23NS. The molecule has 1 aliphatic carbocycles. The van der Waals surface area contributed by atoms with Gasteiger partial charge in [-0.3, -0.25) is 0 Å². The van der Waals surface area contributed by atoms with Gasteiger partial charge in [0.1, 0.15) is 0 Å². The van der Waals surface area contributed by atoms with Gasteiger partial charge >= 0.3 is 0 Å². The fourth-order valence-electron chi connectivity index (χ4n) is 2.39. The van der Waals surface area contributed by atoms with Crippen LogP contribution in [0.5, 0.6) is 0 Å². The van der Waals surface area contributed by atoms with E-state index in [2.05, 4.69) is 43.8 Å². The fourth-order valence-corrected chi connectivity index (χ4v) is 3.72. The summed E-state index contributed by atoms with van der Waals surface area (Å²) in [5, 5.41) is 0.868. The van der Waals surface area contributed by atoms with Crippen molar-refractivity contribution in [2.24, 2.45) is 5.73 Å². The Kier molecular flexibility index (Phi) is 4.52. The maximum absolute atomic E-state index is 6.27. The summed E-state index contributed by atoms with van der Waals surface area (Å²) in [6, 6.07) is 6.81. The number of aryl methyl sites for hydroxylation is 2. The van der Waals surface area contributed by atoms with Crippen LogP contribution < -0.4 is 5.73 Å². The Morgan fingerprint density at radius 1 is 1.24 bits per heavy atom. The van der Waals surface area contributed by atoms with Crippen LogP contribution in [0.15, 0.2) is 18.2 Å². The second kappa shape index (κ2) is 5.92. The smallest absolute Gasteiger partial charge is 0.0386 e. The number of thioether (sulfide) groups is 1.